The molecule has 4 nitrogen and oxygen atoms in total. The summed E-state index contributed by atoms with van der Waals surface area (Å²) in [6, 6.07) is 0.0519. The Morgan fingerprint density at radius 1 is 1.67 bits per heavy atom. The lowest BCUT2D eigenvalue weighted by Gasteiger charge is -2.12. The summed E-state index contributed by atoms with van der Waals surface area (Å²) in [5, 5.41) is 6.12. The van der Waals surface area contributed by atoms with Crippen LogP contribution >= 0.6 is 11.8 Å². The summed E-state index contributed by atoms with van der Waals surface area (Å²) in [5.41, 5.74) is 2.48. The van der Waals surface area contributed by atoms with E-state index in [1.807, 2.05) is 6.92 Å². The van der Waals surface area contributed by atoms with Crippen LogP contribution in [0, 0.1) is 0 Å². The van der Waals surface area contributed by atoms with E-state index in [4.69, 9.17) is 0 Å². The maximum Gasteiger partial charge on any atom is 0.278 e. The molecule has 1 atom stereocenters. The van der Waals surface area contributed by atoms with Crippen LogP contribution in [-0.4, -0.2) is 15.7 Å². The Morgan fingerprint density at radius 3 is 3.25 bits per heavy atom. The molecule has 1 aromatic rings. The van der Waals surface area contributed by atoms with Crippen molar-refractivity contribution < 1.29 is 0 Å². The van der Waals surface area contributed by atoms with Gasteiger partial charge in [0.2, 0.25) is 0 Å². The van der Waals surface area contributed by atoms with Crippen molar-refractivity contribution in [3.8, 4) is 0 Å². The van der Waals surface area contributed by atoms with Crippen molar-refractivity contribution in [2.75, 3.05) is 0 Å². The molecule has 0 radical (unpaired) electrons. The molecule has 62 valence electrons. The van der Waals surface area contributed by atoms with Crippen LogP contribution in [-0.2, 0) is 0 Å². The maximum atomic E-state index is 11.2. The van der Waals surface area contributed by atoms with E-state index in [9.17, 15) is 4.79 Å². The average molecular weight is 181 g/mol. The standard InChI is InChI=1S/C7H7N3OS/c1-4-5-2-9-10-7(11)6(5)12-3-8-4/h2-4H,1H3,(H,10,11). The predicted octanol–water partition coefficient (Wildman–Crippen LogP) is 0.965. The van der Waals surface area contributed by atoms with Crippen molar-refractivity contribution >= 4 is 17.3 Å². The lowest BCUT2D eigenvalue weighted by Crippen LogP contribution is -2.15. The second-order valence-corrected chi connectivity index (χ2v) is 3.39. The number of nitrogens with one attached hydrogen (secondary N) is 1. The van der Waals surface area contributed by atoms with Crippen LogP contribution in [0.3, 0.4) is 0 Å². The van der Waals surface area contributed by atoms with Crippen molar-refractivity contribution in [3.63, 3.8) is 0 Å². The topological polar surface area (TPSA) is 58.1 Å². The summed E-state index contributed by atoms with van der Waals surface area (Å²) in [6.07, 6.45) is 1.66. The Kier molecular flexibility index (Phi) is 1.73. The number of aromatic amines is 1. The average Bonchev–Trinajstić information content (AvgIpc) is 2.07. The molecule has 0 saturated carbocycles. The first-order valence-corrected chi connectivity index (χ1v) is 4.43. The van der Waals surface area contributed by atoms with Crippen molar-refractivity contribution in [1.29, 1.82) is 0 Å². The smallest absolute Gasteiger partial charge is 0.278 e. The Hall–Kier alpha value is -1.10. The molecule has 0 bridgehead atoms. The summed E-state index contributed by atoms with van der Waals surface area (Å²) >= 11 is 1.34. The van der Waals surface area contributed by atoms with Gasteiger partial charge in [0, 0.05) is 5.56 Å². The zero-order chi connectivity index (χ0) is 8.55. The third-order valence-corrected chi connectivity index (χ3v) is 2.63. The van der Waals surface area contributed by atoms with Crippen LogP contribution in [0.2, 0.25) is 0 Å². The molecular formula is C7H7N3OS. The third kappa shape index (κ3) is 1.06. The van der Waals surface area contributed by atoms with Gasteiger partial charge in [-0.3, -0.25) is 9.79 Å². The van der Waals surface area contributed by atoms with Crippen LogP contribution in [0.15, 0.2) is 20.9 Å². The molecular weight excluding hydrogens is 174 g/mol. The minimum absolute atomic E-state index is 0.0519. The molecule has 0 aliphatic carbocycles. The normalized spacial score (nSPS) is 20.6. The van der Waals surface area contributed by atoms with E-state index in [-0.39, 0.29) is 11.6 Å². The van der Waals surface area contributed by atoms with Crippen LogP contribution in [0.25, 0.3) is 0 Å². The van der Waals surface area contributed by atoms with Gasteiger partial charge in [0.1, 0.15) is 0 Å². The largest absolute Gasteiger partial charge is 0.278 e. The molecule has 0 aromatic carbocycles. The van der Waals surface area contributed by atoms with E-state index in [0.29, 0.717) is 4.90 Å². The molecule has 1 N–H and O–H groups in total. The van der Waals surface area contributed by atoms with Gasteiger partial charge in [-0.25, -0.2) is 5.10 Å². The van der Waals surface area contributed by atoms with E-state index < -0.39 is 0 Å². The van der Waals surface area contributed by atoms with Gasteiger partial charge in [-0.1, -0.05) is 11.8 Å². The van der Waals surface area contributed by atoms with E-state index in [1.54, 1.807) is 11.7 Å². The molecule has 1 aliphatic rings. The third-order valence-electron chi connectivity index (χ3n) is 1.74. The molecule has 2 heterocycles. The SMILES string of the molecule is CC1N=CSc2c1cn[nH]c2=O. The molecule has 5 heteroatoms. The highest BCUT2D eigenvalue weighted by molar-refractivity contribution is 8.12. The Bertz CT molecular complexity index is 384. The maximum absolute atomic E-state index is 11.2. The number of rotatable bonds is 0. The Morgan fingerprint density at radius 2 is 2.50 bits per heavy atom. The first-order valence-electron chi connectivity index (χ1n) is 3.55. The van der Waals surface area contributed by atoms with E-state index >= 15 is 0 Å². The highest BCUT2D eigenvalue weighted by Crippen LogP contribution is 2.28. The predicted molar refractivity (Wildman–Crippen MR) is 47.6 cm³/mol. The van der Waals surface area contributed by atoms with Crippen molar-refractivity contribution in [2.24, 2.45) is 4.99 Å². The molecule has 0 amide bonds. The molecule has 0 saturated heterocycles. The van der Waals surface area contributed by atoms with Crippen molar-refractivity contribution in [1.82, 2.24) is 10.2 Å². The van der Waals surface area contributed by atoms with E-state index in [0.717, 1.165) is 5.56 Å². The number of hydrogen-bond donors (Lipinski definition) is 1. The van der Waals surface area contributed by atoms with E-state index in [1.165, 1.54) is 11.8 Å². The van der Waals surface area contributed by atoms with E-state index in [2.05, 4.69) is 15.2 Å². The van der Waals surface area contributed by atoms with Gasteiger partial charge in [-0.05, 0) is 6.92 Å². The fourth-order valence-electron chi connectivity index (χ4n) is 1.07. The summed E-state index contributed by atoms with van der Waals surface area (Å²) in [4.78, 5) is 16.1. The molecule has 0 spiro atoms. The number of aliphatic imine (C=N–C) groups is 1. The lowest BCUT2D eigenvalue weighted by molar-refractivity contribution is 0.765. The summed E-state index contributed by atoms with van der Waals surface area (Å²) in [5.74, 6) is 0. The number of hydrogen-bond acceptors (Lipinski definition) is 4. The second kappa shape index (κ2) is 2.75. The monoisotopic (exact) mass is 181 g/mol. The van der Waals surface area contributed by atoms with Gasteiger partial charge in [-0.15, -0.1) is 0 Å². The van der Waals surface area contributed by atoms with Crippen LogP contribution in [0.5, 0.6) is 0 Å². The molecule has 0 fully saturated rings. The first kappa shape index (κ1) is 7.54. The van der Waals surface area contributed by atoms with Gasteiger partial charge in [0.15, 0.2) is 0 Å². The van der Waals surface area contributed by atoms with Gasteiger partial charge in [0.05, 0.1) is 22.7 Å². The number of nitrogens with zero attached hydrogens (tertiary/aromatic N) is 2. The van der Waals surface area contributed by atoms with Crippen LogP contribution in [0.1, 0.15) is 18.5 Å². The number of thioether (sulfide) groups is 1. The zero-order valence-corrected chi connectivity index (χ0v) is 7.26. The van der Waals surface area contributed by atoms with Crippen LogP contribution in [0.4, 0.5) is 0 Å². The van der Waals surface area contributed by atoms with Crippen molar-refractivity contribution in [3.05, 3.63) is 22.1 Å². The van der Waals surface area contributed by atoms with Gasteiger partial charge in [-0.2, -0.15) is 5.10 Å². The fraction of sp³-hybridized carbons (Fsp3) is 0.286. The molecule has 1 unspecified atom stereocenters. The number of fused-ring (bicyclic) bond motifs is 1. The summed E-state index contributed by atoms with van der Waals surface area (Å²) in [6.45, 7) is 1.94. The lowest BCUT2D eigenvalue weighted by atomic mass is 10.2. The van der Waals surface area contributed by atoms with Gasteiger partial charge >= 0.3 is 0 Å². The number of aromatic nitrogens is 2. The number of H-pyrrole nitrogens is 1. The van der Waals surface area contributed by atoms with Gasteiger partial charge in [0.25, 0.3) is 5.56 Å². The highest BCUT2D eigenvalue weighted by Gasteiger charge is 2.16. The molecule has 1 aliphatic heterocycles. The van der Waals surface area contributed by atoms with Crippen LogP contribution < -0.4 is 5.56 Å². The summed E-state index contributed by atoms with van der Waals surface area (Å²) in [7, 11) is 0. The van der Waals surface area contributed by atoms with Gasteiger partial charge < -0.3 is 0 Å². The zero-order valence-electron chi connectivity index (χ0n) is 6.44. The minimum atomic E-state index is -0.129. The molecule has 1 aromatic heterocycles. The minimum Gasteiger partial charge on any atom is -0.278 e. The molecule has 2 rings (SSSR count). The first-order chi connectivity index (χ1) is 5.79. The van der Waals surface area contributed by atoms with Crippen molar-refractivity contribution in [2.45, 2.75) is 17.9 Å². The highest BCUT2D eigenvalue weighted by atomic mass is 32.2. The fourth-order valence-corrected chi connectivity index (χ4v) is 1.94. The Labute approximate surface area is 73.1 Å². The molecule has 12 heavy (non-hydrogen) atoms. The summed E-state index contributed by atoms with van der Waals surface area (Å²) < 4.78 is 0. The quantitative estimate of drug-likeness (QED) is 0.648. The second-order valence-electron chi connectivity index (χ2n) is 2.53. The Balaban J connectivity index is 2.65.